The molecule has 0 saturated carbocycles. The molecule has 150 valence electrons. The fourth-order valence-electron chi connectivity index (χ4n) is 3.12. The van der Waals surface area contributed by atoms with Crippen LogP contribution in [0.2, 0.25) is 0 Å². The first-order valence-electron chi connectivity index (χ1n) is 9.51. The fraction of sp³-hybridized carbons (Fsp3) is 0.364. The van der Waals surface area contributed by atoms with Crippen LogP contribution >= 0.6 is 0 Å². The lowest BCUT2D eigenvalue weighted by molar-refractivity contribution is -0.121. The lowest BCUT2D eigenvalue weighted by atomic mass is 9.98. The van der Waals surface area contributed by atoms with Crippen molar-refractivity contribution in [1.29, 1.82) is 0 Å². The van der Waals surface area contributed by atoms with Crippen molar-refractivity contribution >= 4 is 11.9 Å². The molecule has 0 bridgehead atoms. The number of benzene rings is 2. The van der Waals surface area contributed by atoms with Gasteiger partial charge in [0.15, 0.2) is 0 Å². The summed E-state index contributed by atoms with van der Waals surface area (Å²) in [6, 6.07) is 14.3. The van der Waals surface area contributed by atoms with Crippen LogP contribution in [-0.4, -0.2) is 18.5 Å². The van der Waals surface area contributed by atoms with Crippen LogP contribution < -0.4 is 22.1 Å². The van der Waals surface area contributed by atoms with Crippen molar-refractivity contribution in [2.45, 2.75) is 45.2 Å². The lowest BCUT2D eigenvalue weighted by Gasteiger charge is -2.20. The molecule has 6 nitrogen and oxygen atoms in total. The highest BCUT2D eigenvalue weighted by molar-refractivity contribution is 5.79. The van der Waals surface area contributed by atoms with Crippen molar-refractivity contribution in [3.8, 4) is 0 Å². The molecule has 0 fully saturated rings. The van der Waals surface area contributed by atoms with Gasteiger partial charge in [0.1, 0.15) is 0 Å². The number of nitrogens with two attached hydrogens (primary N) is 2. The van der Waals surface area contributed by atoms with Crippen molar-refractivity contribution in [3.05, 3.63) is 70.8 Å². The minimum atomic E-state index is -0.664. The van der Waals surface area contributed by atoms with Gasteiger partial charge in [-0.25, -0.2) is 4.79 Å². The first kappa shape index (κ1) is 21.4. The molecule has 2 aromatic rings. The Morgan fingerprint density at radius 3 is 2.18 bits per heavy atom. The van der Waals surface area contributed by atoms with Crippen LogP contribution in [0.3, 0.4) is 0 Å². The molecule has 2 aromatic carbocycles. The van der Waals surface area contributed by atoms with Crippen molar-refractivity contribution in [3.63, 3.8) is 0 Å². The summed E-state index contributed by atoms with van der Waals surface area (Å²) in [5.41, 5.74) is 15.6. The Morgan fingerprint density at radius 2 is 1.61 bits per heavy atom. The predicted octanol–water partition coefficient (Wildman–Crippen LogP) is 3.03. The molecule has 0 aliphatic rings. The number of primary amides is 1. The van der Waals surface area contributed by atoms with Crippen LogP contribution in [0.4, 0.5) is 4.79 Å². The highest BCUT2D eigenvalue weighted by Crippen LogP contribution is 2.21. The van der Waals surface area contributed by atoms with E-state index in [9.17, 15) is 9.59 Å². The van der Waals surface area contributed by atoms with Gasteiger partial charge in [-0.3, -0.25) is 4.79 Å². The molecule has 0 heterocycles. The monoisotopic (exact) mass is 382 g/mol. The summed E-state index contributed by atoms with van der Waals surface area (Å²) in [5, 5.41) is 5.51. The normalized spacial score (nSPS) is 13.0. The van der Waals surface area contributed by atoms with E-state index in [-0.39, 0.29) is 18.4 Å². The van der Waals surface area contributed by atoms with Crippen molar-refractivity contribution in [1.82, 2.24) is 10.6 Å². The fourth-order valence-corrected chi connectivity index (χ4v) is 3.12. The number of nitrogens with one attached hydrogen (secondary N) is 2. The summed E-state index contributed by atoms with van der Waals surface area (Å²) in [5.74, 6) is 0.261. The first-order chi connectivity index (χ1) is 13.3. The average molecular weight is 383 g/mol. The van der Waals surface area contributed by atoms with Crippen LogP contribution in [0.15, 0.2) is 48.5 Å². The largest absolute Gasteiger partial charge is 0.354 e. The third-order valence-electron chi connectivity index (χ3n) is 4.82. The van der Waals surface area contributed by atoms with E-state index in [2.05, 4.69) is 36.6 Å². The molecule has 6 heteroatoms. The van der Waals surface area contributed by atoms with Gasteiger partial charge in [0.25, 0.3) is 0 Å². The third kappa shape index (κ3) is 6.09. The maximum Gasteiger partial charge on any atom is 0.312 e. The summed E-state index contributed by atoms with van der Waals surface area (Å²) in [4.78, 5) is 23.8. The van der Waals surface area contributed by atoms with E-state index >= 15 is 0 Å². The molecule has 0 aliphatic carbocycles. The van der Waals surface area contributed by atoms with Crippen LogP contribution in [0.25, 0.3) is 0 Å². The molecule has 2 unspecified atom stereocenters. The Balaban J connectivity index is 1.96. The summed E-state index contributed by atoms with van der Waals surface area (Å²) < 4.78 is 0. The van der Waals surface area contributed by atoms with Gasteiger partial charge in [-0.1, -0.05) is 62.4 Å². The molecule has 0 radical (unpaired) electrons. The van der Waals surface area contributed by atoms with Gasteiger partial charge in [-0.15, -0.1) is 0 Å². The zero-order valence-electron chi connectivity index (χ0n) is 16.7. The molecule has 6 N–H and O–H groups in total. The summed E-state index contributed by atoms with van der Waals surface area (Å²) >= 11 is 0. The SMILES string of the molecule is Cc1ccccc1C(CC(=O)NCC(N)c1ccc(C(C)C)cc1)NC(N)=O. The quantitative estimate of drug-likeness (QED) is 0.563. The van der Waals surface area contributed by atoms with Crippen LogP contribution in [-0.2, 0) is 4.79 Å². The van der Waals surface area contributed by atoms with E-state index in [0.29, 0.717) is 12.5 Å². The summed E-state index contributed by atoms with van der Waals surface area (Å²) in [6.07, 6.45) is 0.0901. The summed E-state index contributed by atoms with van der Waals surface area (Å²) in [6.45, 7) is 6.52. The second-order valence-corrected chi connectivity index (χ2v) is 7.35. The Morgan fingerprint density at radius 1 is 1.00 bits per heavy atom. The molecular formula is C22H30N4O2. The second kappa shape index (κ2) is 9.90. The Hall–Kier alpha value is -2.86. The van der Waals surface area contributed by atoms with Crippen molar-refractivity contribution < 1.29 is 9.59 Å². The molecule has 28 heavy (non-hydrogen) atoms. The number of hydrogen-bond acceptors (Lipinski definition) is 3. The van der Waals surface area contributed by atoms with E-state index in [1.165, 1.54) is 5.56 Å². The second-order valence-electron chi connectivity index (χ2n) is 7.35. The molecule has 0 saturated heterocycles. The van der Waals surface area contributed by atoms with Crippen LogP contribution in [0.1, 0.15) is 60.5 Å². The highest BCUT2D eigenvalue weighted by atomic mass is 16.2. The third-order valence-corrected chi connectivity index (χ3v) is 4.82. The van der Waals surface area contributed by atoms with E-state index in [4.69, 9.17) is 11.5 Å². The van der Waals surface area contributed by atoms with Gasteiger partial charge in [0, 0.05) is 12.6 Å². The van der Waals surface area contributed by atoms with Crippen molar-refractivity contribution in [2.75, 3.05) is 6.54 Å². The molecule has 2 atom stereocenters. The zero-order chi connectivity index (χ0) is 20.7. The lowest BCUT2D eigenvalue weighted by Crippen LogP contribution is -2.38. The predicted molar refractivity (Wildman–Crippen MR) is 112 cm³/mol. The standard InChI is InChI=1S/C22H30N4O2/c1-14(2)16-8-10-17(11-9-16)19(23)13-25-21(27)12-20(26-22(24)28)18-7-5-4-6-15(18)3/h4-11,14,19-20H,12-13,23H2,1-3H3,(H,25,27)(H3,24,26,28). The molecule has 3 amide bonds. The van der Waals surface area contributed by atoms with Gasteiger partial charge in [0.05, 0.1) is 12.5 Å². The molecule has 0 aromatic heterocycles. The van der Waals surface area contributed by atoms with E-state index in [1.54, 1.807) is 0 Å². The molecule has 0 aliphatic heterocycles. The minimum Gasteiger partial charge on any atom is -0.354 e. The van der Waals surface area contributed by atoms with Gasteiger partial charge >= 0.3 is 6.03 Å². The number of carbonyl (C=O) groups is 2. The summed E-state index contributed by atoms with van der Waals surface area (Å²) in [7, 11) is 0. The van der Waals surface area contributed by atoms with E-state index in [1.807, 2.05) is 43.3 Å². The Kier molecular flexibility index (Phi) is 7.58. The maximum atomic E-state index is 12.4. The topological polar surface area (TPSA) is 110 Å². The van der Waals surface area contributed by atoms with E-state index in [0.717, 1.165) is 16.7 Å². The zero-order valence-corrected chi connectivity index (χ0v) is 16.7. The van der Waals surface area contributed by atoms with Crippen LogP contribution in [0.5, 0.6) is 0 Å². The van der Waals surface area contributed by atoms with Gasteiger partial charge in [-0.05, 0) is 35.1 Å². The Labute approximate surface area is 166 Å². The Bertz CT molecular complexity index is 802. The number of amides is 3. The molecular weight excluding hydrogens is 352 g/mol. The van der Waals surface area contributed by atoms with Gasteiger partial charge in [-0.2, -0.15) is 0 Å². The number of urea groups is 1. The number of carbonyl (C=O) groups excluding carboxylic acids is 2. The number of aryl methyl sites for hydroxylation is 1. The first-order valence-corrected chi connectivity index (χ1v) is 9.51. The highest BCUT2D eigenvalue weighted by Gasteiger charge is 2.19. The minimum absolute atomic E-state index is 0.0901. The average Bonchev–Trinajstić information content (AvgIpc) is 2.65. The molecule has 2 rings (SSSR count). The molecule has 0 spiro atoms. The smallest absolute Gasteiger partial charge is 0.312 e. The number of hydrogen-bond donors (Lipinski definition) is 4. The number of rotatable bonds is 8. The maximum absolute atomic E-state index is 12.4. The van der Waals surface area contributed by atoms with Gasteiger partial charge in [0.2, 0.25) is 5.91 Å². The van der Waals surface area contributed by atoms with Gasteiger partial charge < -0.3 is 22.1 Å². The van der Waals surface area contributed by atoms with E-state index < -0.39 is 12.1 Å². The van der Waals surface area contributed by atoms with Crippen molar-refractivity contribution in [2.24, 2.45) is 11.5 Å². The van der Waals surface area contributed by atoms with Crippen LogP contribution in [0, 0.1) is 6.92 Å².